The maximum Gasteiger partial charge on any atom is 0.139 e. The van der Waals surface area contributed by atoms with Crippen molar-refractivity contribution in [1.82, 2.24) is 15.0 Å². The van der Waals surface area contributed by atoms with Gasteiger partial charge in [0.15, 0.2) is 0 Å². The minimum absolute atomic E-state index is 0.716. The van der Waals surface area contributed by atoms with Crippen LogP contribution in [0.25, 0.3) is 33.1 Å². The average molecular weight is 349 g/mol. The number of aromatic nitrogens is 2. The summed E-state index contributed by atoms with van der Waals surface area (Å²) in [6.45, 7) is 0. The monoisotopic (exact) mass is 348 g/mol. The van der Waals surface area contributed by atoms with Gasteiger partial charge in [0.25, 0.3) is 0 Å². The molecule has 0 atom stereocenters. The predicted molar refractivity (Wildman–Crippen MR) is 105 cm³/mol. The van der Waals surface area contributed by atoms with E-state index >= 15 is 0 Å². The molecule has 0 fully saturated rings. The number of H-pyrrole nitrogens is 1. The molecule has 2 heterocycles. The highest BCUT2D eigenvalue weighted by Gasteiger charge is 2.14. The predicted octanol–water partition coefficient (Wildman–Crippen LogP) is 4.93. The Morgan fingerprint density at radius 1 is 1.08 bits per heavy atom. The lowest BCUT2D eigenvalue weighted by Crippen LogP contribution is -2.03. The topological polar surface area (TPSA) is 44.3 Å². The molecular weight excluding hydrogens is 332 g/mol. The fourth-order valence-corrected chi connectivity index (χ4v) is 3.12. The van der Waals surface area contributed by atoms with Gasteiger partial charge in [-0.25, -0.2) is 4.98 Å². The van der Waals surface area contributed by atoms with Crippen LogP contribution in [-0.4, -0.2) is 35.3 Å². The number of hydrogen-bond donors (Lipinski definition) is 1. The molecule has 4 aromatic rings. The summed E-state index contributed by atoms with van der Waals surface area (Å²) in [5.74, 6) is 0. The van der Waals surface area contributed by atoms with Gasteiger partial charge in [0.05, 0.1) is 6.21 Å². The van der Waals surface area contributed by atoms with Crippen LogP contribution < -0.4 is 0 Å². The van der Waals surface area contributed by atoms with Crippen LogP contribution in [0.15, 0.2) is 59.8 Å². The molecule has 0 amide bonds. The highest BCUT2D eigenvalue weighted by molar-refractivity contribution is 6.30. The molecule has 4 rings (SSSR count). The van der Waals surface area contributed by atoms with Gasteiger partial charge in [0, 0.05) is 52.7 Å². The third kappa shape index (κ3) is 2.85. The van der Waals surface area contributed by atoms with E-state index in [0.717, 1.165) is 38.6 Å². The summed E-state index contributed by atoms with van der Waals surface area (Å²) >= 11 is 6.04. The second-order valence-electron chi connectivity index (χ2n) is 6.08. The molecule has 0 bridgehead atoms. The first-order valence-electron chi connectivity index (χ1n) is 8.00. The Morgan fingerprint density at radius 2 is 1.84 bits per heavy atom. The van der Waals surface area contributed by atoms with E-state index in [1.54, 1.807) is 5.01 Å². The minimum atomic E-state index is 0.716. The van der Waals surface area contributed by atoms with E-state index in [1.165, 1.54) is 0 Å². The van der Waals surface area contributed by atoms with Gasteiger partial charge in [-0.2, -0.15) is 5.10 Å². The molecule has 25 heavy (non-hydrogen) atoms. The van der Waals surface area contributed by atoms with Gasteiger partial charge in [0.2, 0.25) is 0 Å². The molecule has 5 heteroatoms. The number of hydrazone groups is 1. The van der Waals surface area contributed by atoms with Gasteiger partial charge in [-0.15, -0.1) is 0 Å². The number of hydrogen-bond acceptors (Lipinski definition) is 3. The van der Waals surface area contributed by atoms with Crippen molar-refractivity contribution in [2.45, 2.75) is 0 Å². The molecule has 4 nitrogen and oxygen atoms in total. The summed E-state index contributed by atoms with van der Waals surface area (Å²) in [6, 6.07) is 16.0. The molecule has 0 unspecified atom stereocenters. The van der Waals surface area contributed by atoms with Crippen molar-refractivity contribution in [3.05, 3.63) is 65.3 Å². The highest BCUT2D eigenvalue weighted by Crippen LogP contribution is 2.33. The number of pyridine rings is 1. The molecule has 1 N–H and O–H groups in total. The minimum Gasteiger partial charge on any atom is -0.339 e. The van der Waals surface area contributed by atoms with Crippen molar-refractivity contribution in [1.29, 1.82) is 0 Å². The maximum atomic E-state index is 6.04. The number of rotatable bonds is 3. The van der Waals surface area contributed by atoms with E-state index in [9.17, 15) is 0 Å². The summed E-state index contributed by atoms with van der Waals surface area (Å²) < 4.78 is 0. The van der Waals surface area contributed by atoms with Crippen LogP contribution in [0.3, 0.4) is 0 Å². The fraction of sp³-hybridized carbons (Fsp3) is 0.100. The van der Waals surface area contributed by atoms with Crippen molar-refractivity contribution in [2.75, 3.05) is 14.1 Å². The summed E-state index contributed by atoms with van der Waals surface area (Å²) in [5.41, 5.74) is 5.05. The Balaban J connectivity index is 2.06. The Hall–Kier alpha value is -2.85. The summed E-state index contributed by atoms with van der Waals surface area (Å²) in [6.07, 6.45) is 3.78. The average Bonchev–Trinajstić information content (AvgIpc) is 2.99. The zero-order chi connectivity index (χ0) is 17.4. The molecule has 0 saturated carbocycles. The SMILES string of the molecule is CN(C)/N=C/c1c(-c2ccc(Cl)cc2)cnc2[nH]c3ccccc3c12. The van der Waals surface area contributed by atoms with E-state index in [1.807, 2.05) is 62.9 Å². The van der Waals surface area contributed by atoms with Gasteiger partial charge in [-0.05, 0) is 23.8 Å². The van der Waals surface area contributed by atoms with Crippen LogP contribution in [0.2, 0.25) is 5.02 Å². The maximum absolute atomic E-state index is 6.04. The Bertz CT molecular complexity index is 1080. The van der Waals surface area contributed by atoms with Crippen LogP contribution in [0.5, 0.6) is 0 Å². The van der Waals surface area contributed by atoms with Crippen LogP contribution in [0.1, 0.15) is 5.56 Å². The molecule has 0 radical (unpaired) electrons. The van der Waals surface area contributed by atoms with E-state index in [4.69, 9.17) is 11.6 Å². The van der Waals surface area contributed by atoms with Crippen LogP contribution >= 0.6 is 11.6 Å². The normalized spacial score (nSPS) is 11.6. The highest BCUT2D eigenvalue weighted by atomic mass is 35.5. The molecule has 0 spiro atoms. The quantitative estimate of drug-likeness (QED) is 0.421. The molecule has 2 aromatic heterocycles. The molecule has 2 aromatic carbocycles. The van der Waals surface area contributed by atoms with Crippen molar-refractivity contribution in [3.8, 4) is 11.1 Å². The zero-order valence-electron chi connectivity index (χ0n) is 14.0. The van der Waals surface area contributed by atoms with Crippen LogP contribution in [-0.2, 0) is 0 Å². The second-order valence-corrected chi connectivity index (χ2v) is 6.51. The third-order valence-corrected chi connectivity index (χ3v) is 4.39. The van der Waals surface area contributed by atoms with Gasteiger partial charge in [-0.1, -0.05) is 41.9 Å². The van der Waals surface area contributed by atoms with Crippen LogP contribution in [0, 0.1) is 0 Å². The second kappa shape index (κ2) is 6.22. The number of halogens is 1. The van der Waals surface area contributed by atoms with E-state index < -0.39 is 0 Å². The Kier molecular flexibility index (Phi) is 3.90. The number of nitrogens with one attached hydrogen (secondary N) is 1. The number of benzene rings is 2. The number of para-hydroxylation sites is 1. The first kappa shape index (κ1) is 15.7. The largest absolute Gasteiger partial charge is 0.339 e. The molecular formula is C20H17ClN4. The van der Waals surface area contributed by atoms with Crippen LogP contribution in [0.4, 0.5) is 0 Å². The molecule has 0 aliphatic heterocycles. The van der Waals surface area contributed by atoms with Crippen molar-refractivity contribution >= 4 is 39.8 Å². The third-order valence-electron chi connectivity index (χ3n) is 4.14. The first-order valence-corrected chi connectivity index (χ1v) is 8.38. The standard InChI is InChI=1S/C20H17ClN4/c1-25(2)23-12-17-16(13-7-9-14(21)10-8-13)11-22-20-19(17)15-5-3-4-6-18(15)24-20/h3-12H,1-2H3,(H,22,24)/b23-12+. The van der Waals surface area contributed by atoms with Crippen molar-refractivity contribution in [2.24, 2.45) is 5.10 Å². The molecule has 0 aliphatic rings. The number of nitrogens with zero attached hydrogens (tertiary/aromatic N) is 3. The molecule has 0 saturated heterocycles. The summed E-state index contributed by atoms with van der Waals surface area (Å²) in [5, 5.41) is 9.19. The Morgan fingerprint density at radius 3 is 2.60 bits per heavy atom. The molecule has 124 valence electrons. The number of fused-ring (bicyclic) bond motifs is 3. The smallest absolute Gasteiger partial charge is 0.139 e. The first-order chi connectivity index (χ1) is 12.1. The van der Waals surface area contributed by atoms with Gasteiger partial charge < -0.3 is 9.99 Å². The lowest BCUT2D eigenvalue weighted by molar-refractivity contribution is 0.440. The lowest BCUT2D eigenvalue weighted by atomic mass is 9.99. The lowest BCUT2D eigenvalue weighted by Gasteiger charge is -2.09. The summed E-state index contributed by atoms with van der Waals surface area (Å²) in [7, 11) is 3.82. The van der Waals surface area contributed by atoms with E-state index in [2.05, 4.69) is 27.2 Å². The molecule has 0 aliphatic carbocycles. The fourth-order valence-electron chi connectivity index (χ4n) is 3.00. The van der Waals surface area contributed by atoms with E-state index in [-0.39, 0.29) is 0 Å². The van der Waals surface area contributed by atoms with E-state index in [0.29, 0.717) is 5.02 Å². The van der Waals surface area contributed by atoms with Gasteiger partial charge in [-0.3, -0.25) is 0 Å². The van der Waals surface area contributed by atoms with Crippen molar-refractivity contribution < 1.29 is 0 Å². The summed E-state index contributed by atoms with van der Waals surface area (Å²) in [4.78, 5) is 8.03. The van der Waals surface area contributed by atoms with Gasteiger partial charge >= 0.3 is 0 Å². The van der Waals surface area contributed by atoms with Gasteiger partial charge in [0.1, 0.15) is 5.65 Å². The Labute approximate surface area is 150 Å². The zero-order valence-corrected chi connectivity index (χ0v) is 14.7. The number of aromatic amines is 1. The van der Waals surface area contributed by atoms with Crippen molar-refractivity contribution in [3.63, 3.8) is 0 Å².